The Morgan fingerprint density at radius 2 is 2.06 bits per heavy atom. The minimum atomic E-state index is -4.60. The van der Waals surface area contributed by atoms with Crippen LogP contribution in [0.2, 0.25) is 0 Å². The van der Waals surface area contributed by atoms with E-state index in [0.29, 0.717) is 6.07 Å². The maximum Gasteiger partial charge on any atom is 0.416 e. The van der Waals surface area contributed by atoms with Gasteiger partial charge in [-0.25, -0.2) is 4.39 Å². The van der Waals surface area contributed by atoms with Gasteiger partial charge in [0.15, 0.2) is 5.96 Å². The zero-order valence-corrected chi connectivity index (χ0v) is 8.98. The average Bonchev–Trinajstić information content (AvgIpc) is 2.25. The summed E-state index contributed by atoms with van der Waals surface area (Å²) in [7, 11) is 1.40. The summed E-state index contributed by atoms with van der Waals surface area (Å²) in [4.78, 5) is 3.54. The van der Waals surface area contributed by atoms with Gasteiger partial charge in [-0.15, -0.1) is 0 Å². The summed E-state index contributed by atoms with van der Waals surface area (Å²) >= 11 is 0. The van der Waals surface area contributed by atoms with Gasteiger partial charge in [0.2, 0.25) is 0 Å². The zero-order chi connectivity index (χ0) is 13.1. The first-order valence-corrected chi connectivity index (χ1v) is 4.66. The van der Waals surface area contributed by atoms with E-state index in [1.165, 1.54) is 7.05 Å². The molecular weight excluding hydrogens is 238 g/mol. The predicted octanol–water partition coefficient (Wildman–Crippen LogP) is 1.88. The third-order valence-electron chi connectivity index (χ3n) is 2.08. The Morgan fingerprint density at radius 1 is 1.41 bits per heavy atom. The van der Waals surface area contributed by atoms with Crippen molar-refractivity contribution in [3.63, 3.8) is 0 Å². The maximum atomic E-state index is 12.8. The number of nitrogens with one attached hydrogen (secondary N) is 1. The van der Waals surface area contributed by atoms with Gasteiger partial charge in [-0.1, -0.05) is 6.07 Å². The van der Waals surface area contributed by atoms with Crippen LogP contribution in [0.1, 0.15) is 11.1 Å². The van der Waals surface area contributed by atoms with E-state index in [1.54, 1.807) is 0 Å². The number of hydrogen-bond acceptors (Lipinski definition) is 1. The lowest BCUT2D eigenvalue weighted by atomic mass is 10.1. The molecule has 0 spiro atoms. The lowest BCUT2D eigenvalue weighted by Crippen LogP contribution is -2.31. The van der Waals surface area contributed by atoms with Crippen LogP contribution in [-0.2, 0) is 12.7 Å². The summed E-state index contributed by atoms with van der Waals surface area (Å²) in [6.45, 7) is -0.168. The third kappa shape index (κ3) is 3.61. The Labute approximate surface area is 95.3 Å². The molecule has 1 rings (SSSR count). The Bertz CT molecular complexity index is 426. The fourth-order valence-electron chi connectivity index (χ4n) is 1.23. The monoisotopic (exact) mass is 249 g/mol. The van der Waals surface area contributed by atoms with Gasteiger partial charge in [-0.05, 0) is 17.7 Å². The highest BCUT2D eigenvalue weighted by Crippen LogP contribution is 2.32. The second kappa shape index (κ2) is 5.03. The van der Waals surface area contributed by atoms with Gasteiger partial charge in [-0.2, -0.15) is 13.2 Å². The highest BCUT2D eigenvalue weighted by molar-refractivity contribution is 5.77. The molecule has 0 unspecified atom stereocenters. The van der Waals surface area contributed by atoms with E-state index in [1.807, 2.05) is 0 Å². The molecule has 0 aliphatic heterocycles. The molecule has 3 N–H and O–H groups in total. The van der Waals surface area contributed by atoms with Crippen LogP contribution in [0.3, 0.4) is 0 Å². The summed E-state index contributed by atoms with van der Waals surface area (Å²) in [5.74, 6) is -0.916. The molecule has 0 saturated carbocycles. The van der Waals surface area contributed by atoms with Crippen molar-refractivity contribution < 1.29 is 17.6 Å². The average molecular weight is 249 g/mol. The standard InChI is InChI=1S/C10H11F4N3/c1-16-9(15)17-5-6-2-3-7(11)4-8(6)10(12,13)14/h2-4H,5H2,1H3,(H3,15,16,17). The van der Waals surface area contributed by atoms with Gasteiger partial charge >= 0.3 is 6.18 Å². The highest BCUT2D eigenvalue weighted by atomic mass is 19.4. The molecule has 0 aromatic heterocycles. The molecule has 0 amide bonds. The summed E-state index contributed by atoms with van der Waals surface area (Å²) in [6, 6.07) is 2.48. The van der Waals surface area contributed by atoms with E-state index in [-0.39, 0.29) is 18.1 Å². The number of nitrogens with two attached hydrogens (primary N) is 1. The highest BCUT2D eigenvalue weighted by Gasteiger charge is 2.33. The first-order valence-electron chi connectivity index (χ1n) is 4.66. The van der Waals surface area contributed by atoms with Gasteiger partial charge in [-0.3, -0.25) is 4.99 Å². The van der Waals surface area contributed by atoms with Crippen LogP contribution < -0.4 is 11.1 Å². The lowest BCUT2D eigenvalue weighted by molar-refractivity contribution is -0.138. The predicted molar refractivity (Wildman–Crippen MR) is 55.8 cm³/mol. The third-order valence-corrected chi connectivity index (χ3v) is 2.08. The van der Waals surface area contributed by atoms with Crippen LogP contribution in [0, 0.1) is 5.82 Å². The summed E-state index contributed by atoms with van der Waals surface area (Å²) in [5, 5.41) is 2.49. The van der Waals surface area contributed by atoms with Crippen LogP contribution in [0.15, 0.2) is 23.2 Å². The van der Waals surface area contributed by atoms with Crippen LogP contribution in [0.4, 0.5) is 17.6 Å². The number of rotatable bonds is 2. The molecule has 0 saturated heterocycles. The Morgan fingerprint density at radius 3 is 2.59 bits per heavy atom. The molecule has 1 aromatic rings. The van der Waals surface area contributed by atoms with Crippen molar-refractivity contribution in [2.75, 3.05) is 7.05 Å². The van der Waals surface area contributed by atoms with Crippen LogP contribution >= 0.6 is 0 Å². The molecule has 1 aromatic carbocycles. The molecule has 0 heterocycles. The number of benzene rings is 1. The number of nitrogens with zero attached hydrogens (tertiary/aromatic N) is 1. The van der Waals surface area contributed by atoms with Crippen molar-refractivity contribution >= 4 is 5.96 Å². The number of hydrogen-bond donors (Lipinski definition) is 2. The molecule has 94 valence electrons. The van der Waals surface area contributed by atoms with E-state index >= 15 is 0 Å². The van der Waals surface area contributed by atoms with Crippen LogP contribution in [0.5, 0.6) is 0 Å². The van der Waals surface area contributed by atoms with Crippen molar-refractivity contribution in [1.29, 1.82) is 0 Å². The van der Waals surface area contributed by atoms with Crippen molar-refractivity contribution in [2.45, 2.75) is 12.7 Å². The summed E-state index contributed by atoms with van der Waals surface area (Å²) < 4.78 is 50.5. The molecule has 0 aliphatic carbocycles. The van der Waals surface area contributed by atoms with Gasteiger partial charge < -0.3 is 11.1 Å². The topological polar surface area (TPSA) is 50.4 Å². The van der Waals surface area contributed by atoms with E-state index in [2.05, 4.69) is 10.3 Å². The molecular formula is C10H11F4N3. The zero-order valence-electron chi connectivity index (χ0n) is 8.98. The normalized spacial score (nSPS) is 12.6. The second-order valence-corrected chi connectivity index (χ2v) is 3.26. The fourth-order valence-corrected chi connectivity index (χ4v) is 1.23. The Balaban J connectivity index is 2.99. The van der Waals surface area contributed by atoms with E-state index in [0.717, 1.165) is 12.1 Å². The largest absolute Gasteiger partial charge is 0.416 e. The summed E-state index contributed by atoms with van der Waals surface area (Å²) in [5.41, 5.74) is 4.18. The van der Waals surface area contributed by atoms with Crippen LogP contribution in [-0.4, -0.2) is 13.0 Å². The maximum absolute atomic E-state index is 12.8. The number of aliphatic imine (C=N–C) groups is 1. The van der Waals surface area contributed by atoms with Crippen molar-refractivity contribution in [1.82, 2.24) is 5.32 Å². The van der Waals surface area contributed by atoms with Crippen molar-refractivity contribution in [3.8, 4) is 0 Å². The van der Waals surface area contributed by atoms with E-state index < -0.39 is 17.6 Å². The number of alkyl halides is 3. The lowest BCUT2D eigenvalue weighted by Gasteiger charge is -2.13. The first kappa shape index (κ1) is 13.3. The molecule has 0 bridgehead atoms. The molecule has 3 nitrogen and oxygen atoms in total. The molecule has 17 heavy (non-hydrogen) atoms. The van der Waals surface area contributed by atoms with Gasteiger partial charge in [0.1, 0.15) is 5.82 Å². The van der Waals surface area contributed by atoms with Crippen molar-refractivity contribution in [2.24, 2.45) is 10.7 Å². The SMILES string of the molecule is CN=C(N)NCc1ccc(F)cc1C(F)(F)F. The Hall–Kier alpha value is -1.79. The minimum absolute atomic E-state index is 0.0162. The van der Waals surface area contributed by atoms with Gasteiger partial charge in [0, 0.05) is 13.6 Å². The van der Waals surface area contributed by atoms with Gasteiger partial charge in [0.05, 0.1) is 5.56 Å². The molecule has 0 aliphatic rings. The van der Waals surface area contributed by atoms with E-state index in [9.17, 15) is 17.6 Å². The quantitative estimate of drug-likeness (QED) is 0.477. The molecule has 0 atom stereocenters. The van der Waals surface area contributed by atoms with Crippen LogP contribution in [0.25, 0.3) is 0 Å². The second-order valence-electron chi connectivity index (χ2n) is 3.26. The number of guanidine groups is 1. The molecule has 0 fully saturated rings. The smallest absolute Gasteiger partial charge is 0.370 e. The number of halogens is 4. The summed E-state index contributed by atoms with van der Waals surface area (Å²) in [6.07, 6.45) is -4.60. The molecule has 7 heteroatoms. The molecule has 0 radical (unpaired) electrons. The minimum Gasteiger partial charge on any atom is -0.370 e. The van der Waals surface area contributed by atoms with Crippen molar-refractivity contribution in [3.05, 3.63) is 35.1 Å². The van der Waals surface area contributed by atoms with Gasteiger partial charge in [0.25, 0.3) is 0 Å². The Kier molecular flexibility index (Phi) is 3.93. The first-order chi connectivity index (χ1) is 7.84. The van der Waals surface area contributed by atoms with E-state index in [4.69, 9.17) is 5.73 Å². The fraction of sp³-hybridized carbons (Fsp3) is 0.300.